The third kappa shape index (κ3) is 1.49. The van der Waals surface area contributed by atoms with Crippen molar-refractivity contribution in [2.45, 2.75) is 6.42 Å². The largest absolute Gasteiger partial charge is 0.486 e. The molecule has 1 aromatic rings. The van der Waals surface area contributed by atoms with Crippen molar-refractivity contribution in [2.75, 3.05) is 18.5 Å². The first-order chi connectivity index (χ1) is 6.42. The number of carbonyl (C=O) groups is 1. The van der Waals surface area contributed by atoms with Gasteiger partial charge in [-0.2, -0.15) is 0 Å². The fourth-order valence-electron chi connectivity index (χ4n) is 1.57. The lowest BCUT2D eigenvalue weighted by molar-refractivity contribution is -0.109. The maximum absolute atomic E-state index is 10.1. The lowest BCUT2D eigenvalue weighted by Crippen LogP contribution is -1.99. The van der Waals surface area contributed by atoms with Crippen molar-refractivity contribution in [1.82, 2.24) is 0 Å². The van der Waals surface area contributed by atoms with E-state index in [4.69, 9.17) is 4.74 Å². The van der Waals surface area contributed by atoms with Crippen molar-refractivity contribution in [1.29, 1.82) is 0 Å². The van der Waals surface area contributed by atoms with Gasteiger partial charge in [-0.05, 0) is 18.6 Å². The Morgan fingerprint density at radius 1 is 1.54 bits per heavy atom. The zero-order valence-electron chi connectivity index (χ0n) is 7.25. The lowest BCUT2D eigenvalue weighted by atomic mass is 10.1. The van der Waals surface area contributed by atoms with Gasteiger partial charge in [0.25, 0.3) is 0 Å². The molecule has 0 aromatic heterocycles. The number of rotatable bonds is 3. The molecule has 0 saturated heterocycles. The van der Waals surface area contributed by atoms with E-state index in [1.807, 2.05) is 18.2 Å². The minimum Gasteiger partial charge on any atom is -0.486 e. The van der Waals surface area contributed by atoms with Crippen LogP contribution >= 0.6 is 0 Å². The smallest absolute Gasteiger partial charge is 0.157 e. The van der Waals surface area contributed by atoms with E-state index in [0.29, 0.717) is 0 Å². The number of anilines is 1. The molecule has 1 aliphatic heterocycles. The van der Waals surface area contributed by atoms with Crippen LogP contribution in [0.2, 0.25) is 0 Å². The highest BCUT2D eigenvalue weighted by atomic mass is 16.5. The minimum absolute atomic E-state index is 0.135. The van der Waals surface area contributed by atoms with Crippen LogP contribution in [0.4, 0.5) is 5.69 Å². The number of ether oxygens (including phenoxy) is 1. The summed E-state index contributed by atoms with van der Waals surface area (Å²) in [7, 11) is 0. The fourth-order valence-corrected chi connectivity index (χ4v) is 1.57. The zero-order valence-corrected chi connectivity index (χ0v) is 7.25. The maximum atomic E-state index is 10.1. The Morgan fingerprint density at radius 3 is 3.31 bits per heavy atom. The third-order valence-electron chi connectivity index (χ3n) is 2.13. The molecule has 0 bridgehead atoms. The normalized spacial score (nSPS) is 13.2. The van der Waals surface area contributed by atoms with Crippen LogP contribution in [0.5, 0.6) is 5.75 Å². The number of nitrogens with one attached hydrogen (secondary N) is 1. The summed E-state index contributed by atoms with van der Waals surface area (Å²) in [6.07, 6.45) is 1.74. The Labute approximate surface area is 76.7 Å². The van der Waals surface area contributed by atoms with E-state index in [2.05, 4.69) is 5.32 Å². The highest BCUT2D eigenvalue weighted by Crippen LogP contribution is 2.30. The van der Waals surface area contributed by atoms with Crippen LogP contribution in [0.15, 0.2) is 18.2 Å². The van der Waals surface area contributed by atoms with Gasteiger partial charge in [0.15, 0.2) is 6.29 Å². The van der Waals surface area contributed by atoms with Gasteiger partial charge in [0.1, 0.15) is 12.4 Å². The Hall–Kier alpha value is -1.51. The van der Waals surface area contributed by atoms with Gasteiger partial charge in [-0.3, -0.25) is 4.79 Å². The Kier molecular flexibility index (Phi) is 2.17. The molecular formula is C10H11NO2. The second-order valence-electron chi connectivity index (χ2n) is 2.94. The van der Waals surface area contributed by atoms with Crippen molar-refractivity contribution >= 4 is 12.0 Å². The Balaban J connectivity index is 2.25. The van der Waals surface area contributed by atoms with Gasteiger partial charge in [-0.1, -0.05) is 6.07 Å². The van der Waals surface area contributed by atoms with E-state index in [9.17, 15) is 4.79 Å². The highest BCUT2D eigenvalue weighted by molar-refractivity contribution is 5.61. The van der Waals surface area contributed by atoms with Gasteiger partial charge >= 0.3 is 0 Å². The van der Waals surface area contributed by atoms with Crippen molar-refractivity contribution in [3.05, 3.63) is 23.8 Å². The second kappa shape index (κ2) is 3.47. The van der Waals surface area contributed by atoms with Gasteiger partial charge in [-0.25, -0.2) is 0 Å². The number of fused-ring (bicyclic) bond motifs is 1. The molecule has 0 fully saturated rings. The molecule has 13 heavy (non-hydrogen) atoms. The summed E-state index contributed by atoms with van der Waals surface area (Å²) in [4.78, 5) is 10.1. The monoisotopic (exact) mass is 177 g/mol. The molecule has 0 aliphatic carbocycles. The molecule has 68 valence electrons. The third-order valence-corrected chi connectivity index (χ3v) is 2.13. The van der Waals surface area contributed by atoms with E-state index in [1.165, 1.54) is 5.56 Å². The van der Waals surface area contributed by atoms with Crippen molar-refractivity contribution in [3.63, 3.8) is 0 Å². The predicted octanol–water partition coefficient (Wildman–Crippen LogP) is 1.23. The summed E-state index contributed by atoms with van der Waals surface area (Å²) in [6.45, 7) is 1.09. The number of aldehydes is 1. The summed E-state index contributed by atoms with van der Waals surface area (Å²) in [6, 6.07) is 5.85. The SMILES string of the molecule is O=CCOc1cccc2c1CCN2. The predicted molar refractivity (Wildman–Crippen MR) is 50.2 cm³/mol. The van der Waals surface area contributed by atoms with Crippen molar-refractivity contribution in [3.8, 4) is 5.75 Å². The Bertz CT molecular complexity index is 323. The van der Waals surface area contributed by atoms with Gasteiger partial charge in [0.05, 0.1) is 0 Å². The molecular weight excluding hydrogens is 166 g/mol. The van der Waals surface area contributed by atoms with Crippen LogP contribution in [-0.4, -0.2) is 19.4 Å². The van der Waals surface area contributed by atoms with Crippen molar-refractivity contribution in [2.24, 2.45) is 0 Å². The van der Waals surface area contributed by atoms with Crippen LogP contribution < -0.4 is 10.1 Å². The van der Waals surface area contributed by atoms with Crippen LogP contribution in [0, 0.1) is 0 Å². The fraction of sp³-hybridized carbons (Fsp3) is 0.300. The van der Waals surface area contributed by atoms with E-state index in [0.717, 1.165) is 30.7 Å². The first-order valence-electron chi connectivity index (χ1n) is 4.34. The molecule has 0 amide bonds. The van der Waals surface area contributed by atoms with Gasteiger partial charge in [-0.15, -0.1) is 0 Å². The Morgan fingerprint density at radius 2 is 2.46 bits per heavy atom. The maximum Gasteiger partial charge on any atom is 0.157 e. The molecule has 0 saturated carbocycles. The van der Waals surface area contributed by atoms with E-state index in [-0.39, 0.29) is 6.61 Å². The minimum atomic E-state index is 0.135. The van der Waals surface area contributed by atoms with Gasteiger partial charge in [0, 0.05) is 17.8 Å². The van der Waals surface area contributed by atoms with E-state index < -0.39 is 0 Å². The number of carbonyl (C=O) groups excluding carboxylic acids is 1. The van der Waals surface area contributed by atoms with Crippen LogP contribution in [-0.2, 0) is 11.2 Å². The molecule has 1 N–H and O–H groups in total. The molecule has 1 aliphatic rings. The average Bonchev–Trinajstić information content (AvgIpc) is 2.62. The molecule has 3 nitrogen and oxygen atoms in total. The number of benzene rings is 1. The molecule has 0 radical (unpaired) electrons. The molecule has 2 rings (SSSR count). The quantitative estimate of drug-likeness (QED) is 0.706. The molecule has 0 unspecified atom stereocenters. The second-order valence-corrected chi connectivity index (χ2v) is 2.94. The molecule has 0 atom stereocenters. The van der Waals surface area contributed by atoms with Gasteiger partial charge < -0.3 is 10.1 Å². The molecule has 3 heteroatoms. The summed E-state index contributed by atoms with van der Waals surface area (Å²) in [5.74, 6) is 0.828. The van der Waals surface area contributed by atoms with E-state index in [1.54, 1.807) is 0 Å². The first kappa shape index (κ1) is 8.10. The summed E-state index contributed by atoms with van der Waals surface area (Å²) in [5, 5.41) is 3.25. The first-order valence-corrected chi connectivity index (χ1v) is 4.34. The van der Waals surface area contributed by atoms with Crippen molar-refractivity contribution < 1.29 is 9.53 Å². The highest BCUT2D eigenvalue weighted by Gasteiger charge is 2.13. The number of hydrogen-bond donors (Lipinski definition) is 1. The standard InChI is InChI=1S/C10H11NO2/c12-6-7-13-10-3-1-2-9-8(10)4-5-11-9/h1-3,6,11H,4-5,7H2. The van der Waals surface area contributed by atoms with Crippen LogP contribution in [0.1, 0.15) is 5.56 Å². The van der Waals surface area contributed by atoms with Gasteiger partial charge in [0.2, 0.25) is 0 Å². The van der Waals surface area contributed by atoms with Crippen LogP contribution in [0.25, 0.3) is 0 Å². The lowest BCUT2D eigenvalue weighted by Gasteiger charge is -2.06. The molecule has 1 aromatic carbocycles. The number of hydrogen-bond acceptors (Lipinski definition) is 3. The molecule has 0 spiro atoms. The summed E-state index contributed by atoms with van der Waals surface area (Å²) >= 11 is 0. The zero-order chi connectivity index (χ0) is 9.10. The van der Waals surface area contributed by atoms with Crippen LogP contribution in [0.3, 0.4) is 0 Å². The summed E-state index contributed by atoms with van der Waals surface area (Å²) < 4.78 is 5.29. The van der Waals surface area contributed by atoms with E-state index >= 15 is 0 Å². The average molecular weight is 177 g/mol. The topological polar surface area (TPSA) is 38.3 Å². The molecule has 1 heterocycles. The summed E-state index contributed by atoms with van der Waals surface area (Å²) in [5.41, 5.74) is 2.31.